The van der Waals surface area contributed by atoms with Crippen molar-refractivity contribution in [2.75, 3.05) is 7.11 Å². The van der Waals surface area contributed by atoms with Gasteiger partial charge in [0.05, 0.1) is 17.1 Å². The largest absolute Gasteiger partial charge is 0.399 e. The van der Waals surface area contributed by atoms with Crippen LogP contribution in [0.2, 0.25) is 0 Å². The number of halogens is 1. The third-order valence-electron chi connectivity index (χ3n) is 4.06. The Morgan fingerprint density at radius 1 is 1.23 bits per heavy atom. The summed E-state index contributed by atoms with van der Waals surface area (Å²) in [6.07, 6.45) is 3.00. The predicted molar refractivity (Wildman–Crippen MR) is 90.8 cm³/mol. The zero-order valence-corrected chi connectivity index (χ0v) is 14.3. The summed E-state index contributed by atoms with van der Waals surface area (Å²) in [5, 5.41) is 13.1. The van der Waals surface area contributed by atoms with Crippen molar-refractivity contribution < 1.29 is 4.84 Å². The van der Waals surface area contributed by atoms with Gasteiger partial charge in [-0.3, -0.25) is 0 Å². The normalized spacial score (nSPS) is 19.0. The third-order valence-corrected chi connectivity index (χ3v) is 4.59. The lowest BCUT2D eigenvalue weighted by Gasteiger charge is -2.23. The van der Waals surface area contributed by atoms with Gasteiger partial charge in [-0.2, -0.15) is 10.2 Å². The summed E-state index contributed by atoms with van der Waals surface area (Å²) in [5.74, 6) is 0.564. The first-order valence-electron chi connectivity index (χ1n) is 7.44. The fraction of sp³-hybridized carbons (Fsp3) is 0.353. The Kier molecular flexibility index (Phi) is 4.52. The summed E-state index contributed by atoms with van der Waals surface area (Å²) in [6.45, 7) is 2.20. The monoisotopic (exact) mass is 359 g/mol. The molecule has 4 nitrogen and oxygen atoms in total. The molecule has 1 atom stereocenters. The highest BCUT2D eigenvalue weighted by atomic mass is 79.9. The van der Waals surface area contributed by atoms with Gasteiger partial charge < -0.3 is 4.84 Å². The molecule has 5 heteroatoms. The molecule has 0 saturated heterocycles. The second-order valence-corrected chi connectivity index (χ2v) is 6.42. The van der Waals surface area contributed by atoms with E-state index in [0.717, 1.165) is 52.0 Å². The first-order valence-corrected chi connectivity index (χ1v) is 8.23. The van der Waals surface area contributed by atoms with Gasteiger partial charge in [0.15, 0.2) is 0 Å². The molecule has 1 aliphatic carbocycles. The number of hydrogen-bond acceptors (Lipinski definition) is 4. The number of nitrogens with zero attached hydrogens (tertiary/aromatic N) is 3. The van der Waals surface area contributed by atoms with Gasteiger partial charge in [0.25, 0.3) is 0 Å². The minimum atomic E-state index is 0.564. The van der Waals surface area contributed by atoms with Crippen molar-refractivity contribution in [1.82, 2.24) is 10.2 Å². The average molecular weight is 360 g/mol. The molecule has 0 saturated carbocycles. The second kappa shape index (κ2) is 6.57. The average Bonchev–Trinajstić information content (AvgIpc) is 2.55. The van der Waals surface area contributed by atoms with Crippen LogP contribution in [0.3, 0.4) is 0 Å². The van der Waals surface area contributed by atoms with E-state index in [1.165, 1.54) is 0 Å². The van der Waals surface area contributed by atoms with Crippen LogP contribution >= 0.6 is 15.9 Å². The van der Waals surface area contributed by atoms with Gasteiger partial charge in [-0.15, -0.1) is 0 Å². The molecular weight excluding hydrogens is 342 g/mol. The molecule has 1 aliphatic rings. The lowest BCUT2D eigenvalue weighted by Crippen LogP contribution is -2.22. The maximum absolute atomic E-state index is 5.03. The summed E-state index contributed by atoms with van der Waals surface area (Å²) in [5.41, 5.74) is 4.98. The lowest BCUT2D eigenvalue weighted by molar-refractivity contribution is 0.211. The quantitative estimate of drug-likeness (QED) is 0.770. The van der Waals surface area contributed by atoms with E-state index < -0.39 is 0 Å². The van der Waals surface area contributed by atoms with E-state index >= 15 is 0 Å². The maximum Gasteiger partial charge on any atom is 0.106 e. The van der Waals surface area contributed by atoms with Gasteiger partial charge in [-0.05, 0) is 37.0 Å². The van der Waals surface area contributed by atoms with E-state index in [9.17, 15) is 0 Å². The van der Waals surface area contributed by atoms with Crippen LogP contribution < -0.4 is 0 Å². The minimum absolute atomic E-state index is 0.564. The van der Waals surface area contributed by atoms with Gasteiger partial charge in [-0.1, -0.05) is 46.6 Å². The Balaban J connectivity index is 2.03. The number of rotatable bonds is 3. The molecule has 1 aromatic carbocycles. The van der Waals surface area contributed by atoms with Crippen LogP contribution in [0.1, 0.15) is 31.0 Å². The first-order chi connectivity index (χ1) is 10.7. The Labute approximate surface area is 138 Å². The summed E-state index contributed by atoms with van der Waals surface area (Å²) in [7, 11) is 1.59. The molecule has 0 bridgehead atoms. The van der Waals surface area contributed by atoms with Crippen LogP contribution in [0.15, 0.2) is 40.0 Å². The van der Waals surface area contributed by atoms with Crippen molar-refractivity contribution in [3.63, 3.8) is 0 Å². The Bertz CT molecular complexity index is 698. The Morgan fingerprint density at radius 2 is 2.00 bits per heavy atom. The maximum atomic E-state index is 5.03. The lowest BCUT2D eigenvalue weighted by atomic mass is 9.84. The zero-order valence-electron chi connectivity index (χ0n) is 12.7. The SMILES string of the molecule is CC[C@@H]1C/C(=N/OC)c2cc(-c3ccc(Br)cc3)nnc2C1. The topological polar surface area (TPSA) is 47.4 Å². The van der Waals surface area contributed by atoms with Gasteiger partial charge in [0.1, 0.15) is 7.11 Å². The van der Waals surface area contributed by atoms with Crippen LogP contribution in [0, 0.1) is 5.92 Å². The van der Waals surface area contributed by atoms with Crippen LogP contribution in [0.5, 0.6) is 0 Å². The van der Waals surface area contributed by atoms with E-state index in [1.807, 2.05) is 24.3 Å². The Morgan fingerprint density at radius 3 is 2.68 bits per heavy atom. The predicted octanol–water partition coefficient (Wildman–Crippen LogP) is 4.23. The molecule has 1 aromatic heterocycles. The van der Waals surface area contributed by atoms with Gasteiger partial charge in [-0.25, -0.2) is 0 Å². The van der Waals surface area contributed by atoms with Gasteiger partial charge >= 0.3 is 0 Å². The van der Waals surface area contributed by atoms with Crippen LogP contribution in [0.25, 0.3) is 11.3 Å². The molecule has 2 aromatic rings. The number of oxime groups is 1. The van der Waals surface area contributed by atoms with Crippen LogP contribution in [-0.4, -0.2) is 23.0 Å². The summed E-state index contributed by atoms with van der Waals surface area (Å²) in [6, 6.07) is 10.2. The summed E-state index contributed by atoms with van der Waals surface area (Å²) >= 11 is 3.45. The zero-order chi connectivity index (χ0) is 15.5. The standard InChI is InChI=1S/C17H18BrN3O/c1-3-11-8-16-14(17(9-11)21-22-2)10-15(19-20-16)12-4-6-13(18)7-5-12/h4-7,10-11H,3,8-9H2,1-2H3/b21-17-/t11-/m0/s1. The molecular formula is C17H18BrN3O. The molecule has 0 amide bonds. The van der Waals surface area contributed by atoms with Crippen molar-refractivity contribution in [3.8, 4) is 11.3 Å². The van der Waals surface area contributed by atoms with E-state index in [1.54, 1.807) is 7.11 Å². The highest BCUT2D eigenvalue weighted by Crippen LogP contribution is 2.29. The highest BCUT2D eigenvalue weighted by molar-refractivity contribution is 9.10. The van der Waals surface area contributed by atoms with E-state index in [4.69, 9.17) is 4.84 Å². The number of hydrogen-bond donors (Lipinski definition) is 0. The number of fused-ring (bicyclic) bond motifs is 1. The third kappa shape index (κ3) is 3.04. The molecule has 114 valence electrons. The van der Waals surface area contributed by atoms with E-state index in [0.29, 0.717) is 5.92 Å². The van der Waals surface area contributed by atoms with Crippen molar-refractivity contribution in [1.29, 1.82) is 0 Å². The molecule has 0 spiro atoms. The van der Waals surface area contributed by atoms with E-state index in [2.05, 4.69) is 44.3 Å². The molecule has 0 radical (unpaired) electrons. The number of aromatic nitrogens is 2. The summed E-state index contributed by atoms with van der Waals surface area (Å²) < 4.78 is 1.05. The van der Waals surface area contributed by atoms with Crippen molar-refractivity contribution in [2.45, 2.75) is 26.2 Å². The first kappa shape index (κ1) is 15.2. The van der Waals surface area contributed by atoms with Crippen LogP contribution in [-0.2, 0) is 11.3 Å². The minimum Gasteiger partial charge on any atom is -0.399 e. The Hall–Kier alpha value is -1.75. The van der Waals surface area contributed by atoms with E-state index in [-0.39, 0.29) is 0 Å². The number of benzene rings is 1. The molecule has 0 unspecified atom stereocenters. The fourth-order valence-corrected chi connectivity index (χ4v) is 3.06. The molecule has 3 rings (SSSR count). The smallest absolute Gasteiger partial charge is 0.106 e. The van der Waals surface area contributed by atoms with Crippen LogP contribution in [0.4, 0.5) is 0 Å². The summed E-state index contributed by atoms with van der Waals surface area (Å²) in [4.78, 5) is 5.03. The highest BCUT2D eigenvalue weighted by Gasteiger charge is 2.25. The van der Waals surface area contributed by atoms with Gasteiger partial charge in [0.2, 0.25) is 0 Å². The molecule has 0 N–H and O–H groups in total. The fourth-order valence-electron chi connectivity index (χ4n) is 2.79. The van der Waals surface area contributed by atoms with Crippen molar-refractivity contribution in [3.05, 3.63) is 46.1 Å². The molecule has 0 aliphatic heterocycles. The molecule has 0 fully saturated rings. The molecule has 1 heterocycles. The van der Waals surface area contributed by atoms with Crippen molar-refractivity contribution in [2.24, 2.45) is 11.1 Å². The van der Waals surface area contributed by atoms with Gasteiger partial charge in [0, 0.05) is 15.6 Å². The second-order valence-electron chi connectivity index (χ2n) is 5.50. The molecule has 22 heavy (non-hydrogen) atoms. The van der Waals surface area contributed by atoms with Crippen molar-refractivity contribution >= 4 is 21.6 Å².